The molecule has 0 unspecified atom stereocenters. The van der Waals surface area contributed by atoms with Crippen LogP contribution >= 0.6 is 28.1 Å². The molecule has 4 heterocycles. The molecule has 32 heavy (non-hydrogen) atoms. The molecule has 5 rings (SSSR count). The third kappa shape index (κ3) is 4.45. The maximum absolute atomic E-state index is 5.84. The SMILES string of the molecule is S=C1N[C@@H](c2ccccn2)[C@@H](c2cccn2-c2cccc(Br)c2)N1CCN1CCOCC1. The molecule has 1 aromatic carbocycles. The fourth-order valence-corrected chi connectivity index (χ4v) is 5.26. The van der Waals surface area contributed by atoms with Crippen molar-refractivity contribution >= 4 is 33.3 Å². The molecular formula is C24H26BrN5OS. The number of rotatable bonds is 6. The number of nitrogens with zero attached hydrogens (tertiary/aromatic N) is 4. The normalized spacial score (nSPS) is 21.7. The van der Waals surface area contributed by atoms with Gasteiger partial charge in [0.2, 0.25) is 0 Å². The summed E-state index contributed by atoms with van der Waals surface area (Å²) in [5.74, 6) is 0. The van der Waals surface area contributed by atoms with Crippen molar-refractivity contribution in [1.82, 2.24) is 24.7 Å². The lowest BCUT2D eigenvalue weighted by Gasteiger charge is -2.32. The minimum absolute atomic E-state index is 0.0193. The molecule has 0 spiro atoms. The molecule has 8 heteroatoms. The van der Waals surface area contributed by atoms with Crippen LogP contribution in [0.3, 0.4) is 0 Å². The zero-order chi connectivity index (χ0) is 21.9. The molecule has 6 nitrogen and oxygen atoms in total. The fraction of sp³-hybridized carbons (Fsp3) is 0.333. The lowest BCUT2D eigenvalue weighted by molar-refractivity contribution is 0.0349. The number of hydrogen-bond donors (Lipinski definition) is 1. The summed E-state index contributed by atoms with van der Waals surface area (Å²) in [6, 6.07) is 18.7. The largest absolute Gasteiger partial charge is 0.379 e. The van der Waals surface area contributed by atoms with Crippen molar-refractivity contribution in [2.24, 2.45) is 0 Å². The number of pyridine rings is 1. The Morgan fingerprint density at radius 2 is 1.94 bits per heavy atom. The van der Waals surface area contributed by atoms with E-state index in [2.05, 4.69) is 83.2 Å². The Morgan fingerprint density at radius 1 is 1.06 bits per heavy atom. The second-order valence-electron chi connectivity index (χ2n) is 8.06. The van der Waals surface area contributed by atoms with Gasteiger partial charge in [0, 0.05) is 54.4 Å². The number of nitrogens with one attached hydrogen (secondary N) is 1. The molecule has 2 aliphatic heterocycles. The highest BCUT2D eigenvalue weighted by atomic mass is 79.9. The molecule has 1 N–H and O–H groups in total. The van der Waals surface area contributed by atoms with Gasteiger partial charge in [-0.15, -0.1) is 0 Å². The van der Waals surface area contributed by atoms with Gasteiger partial charge in [-0.05, 0) is 54.7 Å². The van der Waals surface area contributed by atoms with Crippen LogP contribution in [-0.2, 0) is 4.74 Å². The fourth-order valence-electron chi connectivity index (χ4n) is 4.54. The van der Waals surface area contributed by atoms with E-state index in [-0.39, 0.29) is 12.1 Å². The van der Waals surface area contributed by atoms with Crippen LogP contribution in [0.5, 0.6) is 0 Å². The minimum atomic E-state index is -0.0193. The van der Waals surface area contributed by atoms with Gasteiger partial charge in [-0.1, -0.05) is 28.1 Å². The third-order valence-corrected chi connectivity index (χ3v) is 6.97. The van der Waals surface area contributed by atoms with E-state index in [1.807, 2.05) is 24.4 Å². The highest BCUT2D eigenvalue weighted by molar-refractivity contribution is 9.10. The van der Waals surface area contributed by atoms with Gasteiger partial charge >= 0.3 is 0 Å². The predicted molar refractivity (Wildman–Crippen MR) is 133 cm³/mol. The van der Waals surface area contributed by atoms with Crippen molar-refractivity contribution in [3.8, 4) is 5.69 Å². The minimum Gasteiger partial charge on any atom is -0.379 e. The van der Waals surface area contributed by atoms with Crippen molar-refractivity contribution in [2.45, 2.75) is 12.1 Å². The maximum atomic E-state index is 5.84. The predicted octanol–water partition coefficient (Wildman–Crippen LogP) is 3.94. The van der Waals surface area contributed by atoms with Gasteiger partial charge in [-0.3, -0.25) is 9.88 Å². The van der Waals surface area contributed by atoms with E-state index in [9.17, 15) is 0 Å². The van der Waals surface area contributed by atoms with Crippen LogP contribution < -0.4 is 5.32 Å². The lowest BCUT2D eigenvalue weighted by atomic mass is 10.0. The monoisotopic (exact) mass is 511 g/mol. The summed E-state index contributed by atoms with van der Waals surface area (Å²) in [6.07, 6.45) is 3.97. The van der Waals surface area contributed by atoms with Gasteiger partial charge in [-0.2, -0.15) is 0 Å². The van der Waals surface area contributed by atoms with Gasteiger partial charge < -0.3 is 19.5 Å². The molecule has 0 amide bonds. The van der Waals surface area contributed by atoms with Gasteiger partial charge in [-0.25, -0.2) is 0 Å². The van der Waals surface area contributed by atoms with E-state index in [4.69, 9.17) is 17.0 Å². The van der Waals surface area contributed by atoms with Crippen LogP contribution in [0.2, 0.25) is 0 Å². The summed E-state index contributed by atoms with van der Waals surface area (Å²) in [6.45, 7) is 5.34. The lowest BCUT2D eigenvalue weighted by Crippen LogP contribution is -2.42. The Hall–Kier alpha value is -2.26. The van der Waals surface area contributed by atoms with Crippen molar-refractivity contribution < 1.29 is 4.74 Å². The van der Waals surface area contributed by atoms with Crippen LogP contribution in [0.1, 0.15) is 23.5 Å². The summed E-state index contributed by atoms with van der Waals surface area (Å²) < 4.78 is 8.82. The van der Waals surface area contributed by atoms with E-state index in [0.29, 0.717) is 0 Å². The van der Waals surface area contributed by atoms with E-state index in [1.54, 1.807) is 0 Å². The first kappa shape index (κ1) is 21.6. The van der Waals surface area contributed by atoms with Crippen molar-refractivity contribution in [3.63, 3.8) is 0 Å². The second-order valence-corrected chi connectivity index (χ2v) is 9.36. The highest BCUT2D eigenvalue weighted by Gasteiger charge is 2.41. The van der Waals surface area contributed by atoms with Crippen LogP contribution in [0.25, 0.3) is 5.69 Å². The Balaban J connectivity index is 1.50. The zero-order valence-electron chi connectivity index (χ0n) is 17.7. The van der Waals surface area contributed by atoms with Crippen LogP contribution in [0, 0.1) is 0 Å². The molecule has 2 atom stereocenters. The van der Waals surface area contributed by atoms with Gasteiger partial charge in [0.15, 0.2) is 5.11 Å². The molecule has 166 valence electrons. The second kappa shape index (κ2) is 9.70. The first-order chi connectivity index (χ1) is 15.7. The number of ether oxygens (including phenoxy) is 1. The van der Waals surface area contributed by atoms with Crippen molar-refractivity contribution in [3.05, 3.63) is 82.9 Å². The van der Waals surface area contributed by atoms with E-state index in [0.717, 1.165) is 60.4 Å². The molecule has 0 radical (unpaired) electrons. The Kier molecular flexibility index (Phi) is 6.54. The number of benzene rings is 1. The maximum Gasteiger partial charge on any atom is 0.170 e. The first-order valence-corrected chi connectivity index (χ1v) is 12.1. The smallest absolute Gasteiger partial charge is 0.170 e. The Morgan fingerprint density at radius 3 is 2.72 bits per heavy atom. The van der Waals surface area contributed by atoms with Crippen molar-refractivity contribution in [2.75, 3.05) is 39.4 Å². The van der Waals surface area contributed by atoms with Crippen LogP contribution in [-0.4, -0.2) is 63.9 Å². The quantitative estimate of drug-likeness (QED) is 0.505. The van der Waals surface area contributed by atoms with Gasteiger partial charge in [0.25, 0.3) is 0 Å². The van der Waals surface area contributed by atoms with Gasteiger partial charge in [0.05, 0.1) is 31.0 Å². The Labute approximate surface area is 202 Å². The number of aromatic nitrogens is 2. The molecular weight excluding hydrogens is 486 g/mol. The number of thiocarbonyl (C=S) groups is 1. The average molecular weight is 512 g/mol. The molecule has 2 fully saturated rings. The standard InChI is InChI=1S/C24H26BrN5OS/c25-18-5-3-6-19(17-18)29-10-4-8-21(29)23-22(20-7-1-2-9-26-20)27-24(32)30(23)12-11-28-13-15-31-16-14-28/h1-10,17,22-23H,11-16H2,(H,27,32)/t22-,23+/m0/s1. The summed E-state index contributed by atoms with van der Waals surface area (Å²) in [5.41, 5.74) is 3.30. The van der Waals surface area contributed by atoms with Crippen LogP contribution in [0.15, 0.2) is 71.5 Å². The summed E-state index contributed by atoms with van der Waals surface area (Å²) >= 11 is 9.46. The average Bonchev–Trinajstić information content (AvgIpc) is 3.43. The topological polar surface area (TPSA) is 45.6 Å². The molecule has 2 aliphatic rings. The summed E-state index contributed by atoms with van der Waals surface area (Å²) in [7, 11) is 0. The summed E-state index contributed by atoms with van der Waals surface area (Å²) in [5, 5.41) is 4.34. The van der Waals surface area contributed by atoms with E-state index >= 15 is 0 Å². The molecule has 0 bridgehead atoms. The molecule has 2 aromatic heterocycles. The molecule has 3 aromatic rings. The van der Waals surface area contributed by atoms with Gasteiger partial charge in [0.1, 0.15) is 0 Å². The van der Waals surface area contributed by atoms with E-state index in [1.165, 1.54) is 5.69 Å². The number of morpholine rings is 1. The molecule has 0 saturated carbocycles. The highest BCUT2D eigenvalue weighted by Crippen LogP contribution is 2.39. The third-order valence-electron chi connectivity index (χ3n) is 6.13. The van der Waals surface area contributed by atoms with Crippen LogP contribution in [0.4, 0.5) is 0 Å². The Bertz CT molecular complexity index is 1070. The van der Waals surface area contributed by atoms with Crippen molar-refractivity contribution in [1.29, 1.82) is 0 Å². The molecule has 0 aliphatic carbocycles. The zero-order valence-corrected chi connectivity index (χ0v) is 20.1. The molecule has 2 saturated heterocycles. The first-order valence-electron chi connectivity index (χ1n) is 10.9. The van der Waals surface area contributed by atoms with E-state index < -0.39 is 0 Å². The number of hydrogen-bond acceptors (Lipinski definition) is 4. The number of halogens is 1. The summed E-state index contributed by atoms with van der Waals surface area (Å²) in [4.78, 5) is 9.44.